The number of carbonyl (C=O) groups excluding carboxylic acids is 1. The van der Waals surface area contributed by atoms with E-state index in [0.717, 1.165) is 64.2 Å². The van der Waals surface area contributed by atoms with E-state index in [1.54, 1.807) is 0 Å². The van der Waals surface area contributed by atoms with Gasteiger partial charge >= 0.3 is 7.82 Å². The third-order valence-electron chi connectivity index (χ3n) is 11.3. The van der Waals surface area contributed by atoms with Crippen LogP contribution in [0.2, 0.25) is 0 Å². The van der Waals surface area contributed by atoms with Gasteiger partial charge in [-0.2, -0.15) is 0 Å². The lowest BCUT2D eigenvalue weighted by atomic mass is 10.0. The molecule has 0 fully saturated rings. The first-order chi connectivity index (χ1) is 29.5. The molecule has 0 spiro atoms. The zero-order chi connectivity index (χ0) is 45.0. The van der Waals surface area contributed by atoms with E-state index >= 15 is 0 Å². The first kappa shape index (κ1) is 59.5. The summed E-state index contributed by atoms with van der Waals surface area (Å²) in [7, 11) is 1.62. The van der Waals surface area contributed by atoms with Crippen molar-refractivity contribution in [2.45, 2.75) is 238 Å². The van der Waals surface area contributed by atoms with Crippen LogP contribution in [0, 0.1) is 0 Å². The van der Waals surface area contributed by atoms with Gasteiger partial charge in [0.05, 0.1) is 39.9 Å². The smallest absolute Gasteiger partial charge is 0.391 e. The van der Waals surface area contributed by atoms with Crippen LogP contribution >= 0.6 is 7.82 Å². The molecule has 3 unspecified atom stereocenters. The van der Waals surface area contributed by atoms with E-state index in [4.69, 9.17) is 9.05 Å². The van der Waals surface area contributed by atoms with Crippen LogP contribution in [0.25, 0.3) is 0 Å². The summed E-state index contributed by atoms with van der Waals surface area (Å²) in [5.41, 5.74) is 0. The standard InChI is InChI=1S/C52H99N2O6P/c1-6-8-10-12-14-16-17-18-19-20-21-22-23-24-25-26-27-28-29-30-31-32-33-34-35-36-37-38-40-42-44-46-52(56)53-50(49-60-61(57,58)59-48-47-54(3,4)5)51(55)45-43-41-39-15-13-11-9-7-2/h8,10,14,16,18-19,21-22,50-51,55H,6-7,9,11-13,15,17,20,23-49H2,1-5H3,(H-,53,56,57,58)/p+1/b10-8-,16-14-,19-18-,22-21-. The summed E-state index contributed by atoms with van der Waals surface area (Å²) in [6.07, 6.45) is 56.1. The second-order valence-corrected chi connectivity index (χ2v) is 20.0. The highest BCUT2D eigenvalue weighted by Crippen LogP contribution is 2.43. The van der Waals surface area contributed by atoms with Crippen molar-refractivity contribution in [3.8, 4) is 0 Å². The third kappa shape index (κ3) is 46.3. The Labute approximate surface area is 378 Å². The van der Waals surface area contributed by atoms with E-state index in [0.29, 0.717) is 23.9 Å². The first-order valence-electron chi connectivity index (χ1n) is 25.5. The van der Waals surface area contributed by atoms with Gasteiger partial charge in [-0.1, -0.05) is 217 Å². The van der Waals surface area contributed by atoms with Crippen molar-refractivity contribution in [1.29, 1.82) is 0 Å². The van der Waals surface area contributed by atoms with Crippen LogP contribution in [0.4, 0.5) is 0 Å². The molecule has 8 nitrogen and oxygen atoms in total. The van der Waals surface area contributed by atoms with Crippen molar-refractivity contribution >= 4 is 13.7 Å². The number of nitrogens with one attached hydrogen (secondary N) is 1. The molecule has 0 aromatic rings. The van der Waals surface area contributed by atoms with Gasteiger partial charge in [0.25, 0.3) is 0 Å². The highest BCUT2D eigenvalue weighted by atomic mass is 31.2. The molecule has 0 heterocycles. The maximum absolute atomic E-state index is 12.9. The Morgan fingerprint density at radius 2 is 0.984 bits per heavy atom. The summed E-state index contributed by atoms with van der Waals surface area (Å²) in [6.45, 7) is 4.74. The van der Waals surface area contributed by atoms with Gasteiger partial charge in [0, 0.05) is 6.42 Å². The Kier molecular flexibility index (Phi) is 42.6. The zero-order valence-corrected chi connectivity index (χ0v) is 41.5. The van der Waals surface area contributed by atoms with Gasteiger partial charge in [-0.25, -0.2) is 4.57 Å². The van der Waals surface area contributed by atoms with Crippen molar-refractivity contribution in [1.82, 2.24) is 5.32 Å². The third-order valence-corrected chi connectivity index (χ3v) is 12.3. The average molecular weight is 880 g/mol. The summed E-state index contributed by atoms with van der Waals surface area (Å²) in [5, 5.41) is 13.9. The molecule has 61 heavy (non-hydrogen) atoms. The van der Waals surface area contributed by atoms with Crippen LogP contribution in [0.1, 0.15) is 226 Å². The molecular formula is C52H100N2O6P+. The van der Waals surface area contributed by atoms with Gasteiger partial charge in [-0.15, -0.1) is 0 Å². The quantitative estimate of drug-likeness (QED) is 0.0243. The van der Waals surface area contributed by atoms with Crippen LogP contribution in [0.3, 0.4) is 0 Å². The van der Waals surface area contributed by atoms with Crippen LogP contribution in [0.15, 0.2) is 48.6 Å². The summed E-state index contributed by atoms with van der Waals surface area (Å²) >= 11 is 0. The molecule has 0 radical (unpaired) electrons. The number of phosphoric acid groups is 1. The Balaban J connectivity index is 3.94. The summed E-state index contributed by atoms with van der Waals surface area (Å²) in [6, 6.07) is -0.757. The molecule has 0 aliphatic carbocycles. The molecule has 0 aliphatic heterocycles. The number of phosphoric ester groups is 1. The highest BCUT2D eigenvalue weighted by molar-refractivity contribution is 7.47. The molecule has 3 N–H and O–H groups in total. The number of allylic oxidation sites excluding steroid dienone is 8. The summed E-state index contributed by atoms with van der Waals surface area (Å²) in [4.78, 5) is 23.1. The Bertz CT molecular complexity index is 1130. The molecule has 0 saturated carbocycles. The topological polar surface area (TPSA) is 105 Å². The van der Waals surface area contributed by atoms with Crippen LogP contribution < -0.4 is 5.32 Å². The highest BCUT2D eigenvalue weighted by Gasteiger charge is 2.28. The van der Waals surface area contributed by atoms with E-state index in [-0.39, 0.29) is 19.1 Å². The molecule has 0 aliphatic rings. The predicted molar refractivity (Wildman–Crippen MR) is 263 cm³/mol. The molecule has 9 heteroatoms. The van der Waals surface area contributed by atoms with Gasteiger partial charge in [0.15, 0.2) is 0 Å². The lowest BCUT2D eigenvalue weighted by Crippen LogP contribution is -2.46. The van der Waals surface area contributed by atoms with Crippen molar-refractivity contribution in [3.05, 3.63) is 48.6 Å². The summed E-state index contributed by atoms with van der Waals surface area (Å²) in [5.74, 6) is -0.147. The fourth-order valence-electron chi connectivity index (χ4n) is 7.33. The number of aliphatic hydroxyl groups is 1. The fourth-order valence-corrected chi connectivity index (χ4v) is 8.07. The lowest BCUT2D eigenvalue weighted by molar-refractivity contribution is -0.870. The molecule has 358 valence electrons. The molecule has 3 atom stereocenters. The number of rotatable bonds is 46. The normalized spacial score (nSPS) is 14.5. The van der Waals surface area contributed by atoms with Crippen LogP contribution in [-0.2, 0) is 18.4 Å². The van der Waals surface area contributed by atoms with E-state index in [1.807, 2.05) is 21.1 Å². The van der Waals surface area contributed by atoms with Crippen molar-refractivity contribution in [2.24, 2.45) is 0 Å². The number of likely N-dealkylation sites (N-methyl/N-ethyl adjacent to an activating group) is 1. The molecule has 0 aromatic carbocycles. The predicted octanol–water partition coefficient (Wildman–Crippen LogP) is 14.8. The Morgan fingerprint density at radius 1 is 0.574 bits per heavy atom. The first-order valence-corrected chi connectivity index (χ1v) is 27.0. The van der Waals surface area contributed by atoms with Crippen molar-refractivity contribution in [2.75, 3.05) is 40.9 Å². The van der Waals surface area contributed by atoms with Crippen molar-refractivity contribution in [3.63, 3.8) is 0 Å². The minimum Gasteiger partial charge on any atom is -0.391 e. The lowest BCUT2D eigenvalue weighted by Gasteiger charge is -2.26. The number of amides is 1. The molecule has 0 saturated heterocycles. The maximum Gasteiger partial charge on any atom is 0.472 e. The summed E-state index contributed by atoms with van der Waals surface area (Å²) < 4.78 is 23.6. The monoisotopic (exact) mass is 880 g/mol. The fraction of sp³-hybridized carbons (Fsp3) is 0.827. The number of unbranched alkanes of at least 4 members (excludes halogenated alkanes) is 25. The Hall–Kier alpha value is -1.54. The van der Waals surface area contributed by atoms with Crippen LogP contribution in [-0.4, -0.2) is 73.4 Å². The molecule has 1 amide bonds. The van der Waals surface area contributed by atoms with Crippen LogP contribution in [0.5, 0.6) is 0 Å². The van der Waals surface area contributed by atoms with E-state index in [2.05, 4.69) is 67.8 Å². The second-order valence-electron chi connectivity index (χ2n) is 18.5. The minimum absolute atomic E-state index is 0.0746. The van der Waals surface area contributed by atoms with Crippen molar-refractivity contribution < 1.29 is 32.9 Å². The largest absolute Gasteiger partial charge is 0.472 e. The van der Waals surface area contributed by atoms with E-state index in [9.17, 15) is 19.4 Å². The number of aliphatic hydroxyl groups excluding tert-OH is 1. The van der Waals surface area contributed by atoms with Gasteiger partial charge in [0.2, 0.25) is 5.91 Å². The van der Waals surface area contributed by atoms with Gasteiger partial charge in [0.1, 0.15) is 13.2 Å². The molecule has 0 aromatic heterocycles. The number of quaternary nitrogens is 1. The van der Waals surface area contributed by atoms with Gasteiger partial charge in [-0.3, -0.25) is 13.8 Å². The molecule has 0 rings (SSSR count). The zero-order valence-electron chi connectivity index (χ0n) is 40.7. The van der Waals surface area contributed by atoms with E-state index < -0.39 is 20.0 Å². The van der Waals surface area contributed by atoms with E-state index in [1.165, 1.54) is 135 Å². The molecular weight excluding hydrogens is 780 g/mol. The molecule has 0 bridgehead atoms. The Morgan fingerprint density at radius 3 is 1.44 bits per heavy atom. The van der Waals surface area contributed by atoms with Gasteiger partial charge in [-0.05, 0) is 51.4 Å². The van der Waals surface area contributed by atoms with Gasteiger partial charge < -0.3 is 19.8 Å². The SMILES string of the molecule is CC/C=C\C/C=C\C/C=C\C/C=C\CCCCCCCCCCCCCCCCCCCCC(=O)NC(COP(=O)(O)OCC[N+](C)(C)C)C(O)CCCCCCCCCC. The second kappa shape index (κ2) is 43.7. The number of nitrogens with zero attached hydrogens (tertiary/aromatic N) is 1. The number of carbonyl (C=O) groups is 1. The maximum atomic E-state index is 12.9. The minimum atomic E-state index is -4.31. The number of hydrogen-bond donors (Lipinski definition) is 3. The number of hydrogen-bond acceptors (Lipinski definition) is 5. The average Bonchev–Trinajstić information content (AvgIpc) is 3.21.